The van der Waals surface area contributed by atoms with Gasteiger partial charge in [0.05, 0.1) is 17.2 Å². The van der Waals surface area contributed by atoms with Crippen LogP contribution in [0.4, 0.5) is 0 Å². The van der Waals surface area contributed by atoms with Crippen LogP contribution >= 0.6 is 0 Å². The Morgan fingerprint density at radius 2 is 1.71 bits per heavy atom. The van der Waals surface area contributed by atoms with E-state index in [9.17, 15) is 5.11 Å². The van der Waals surface area contributed by atoms with Gasteiger partial charge in [-0.15, -0.1) is 0 Å². The van der Waals surface area contributed by atoms with Crippen molar-refractivity contribution >= 4 is 11.0 Å². The lowest BCUT2D eigenvalue weighted by molar-refractivity contribution is 0.477. The van der Waals surface area contributed by atoms with Gasteiger partial charge in [0.25, 0.3) is 0 Å². The average molecular weight is 276 g/mol. The summed E-state index contributed by atoms with van der Waals surface area (Å²) >= 11 is 0. The minimum absolute atomic E-state index is 0.127. The zero-order chi connectivity index (χ0) is 14.2. The lowest BCUT2D eigenvalue weighted by Gasteiger charge is -1.96. The van der Waals surface area contributed by atoms with Crippen LogP contribution < -0.4 is 0 Å². The van der Waals surface area contributed by atoms with Crippen LogP contribution in [-0.2, 0) is 0 Å². The molecular formula is C16H12N4O. The highest BCUT2D eigenvalue weighted by atomic mass is 16.3. The molecule has 0 spiro atoms. The van der Waals surface area contributed by atoms with Crippen molar-refractivity contribution in [3.05, 3.63) is 60.8 Å². The molecule has 0 aliphatic carbocycles. The fourth-order valence-electron chi connectivity index (χ4n) is 2.32. The lowest BCUT2D eigenvalue weighted by Crippen LogP contribution is -1.97. The molecule has 2 heterocycles. The predicted octanol–water partition coefficient (Wildman–Crippen LogP) is 3.12. The fraction of sp³-hybridized carbons (Fsp3) is 0. The molecule has 0 atom stereocenters. The van der Waals surface area contributed by atoms with Crippen molar-refractivity contribution in [3.63, 3.8) is 0 Å². The third-order valence-corrected chi connectivity index (χ3v) is 3.34. The predicted molar refractivity (Wildman–Crippen MR) is 80.3 cm³/mol. The van der Waals surface area contributed by atoms with E-state index < -0.39 is 0 Å². The second-order valence-electron chi connectivity index (χ2n) is 4.75. The molecule has 4 aromatic rings. The van der Waals surface area contributed by atoms with Crippen molar-refractivity contribution in [1.82, 2.24) is 19.7 Å². The minimum atomic E-state index is 0.127. The van der Waals surface area contributed by atoms with Gasteiger partial charge in [-0.1, -0.05) is 42.5 Å². The number of hydrogen-bond acceptors (Lipinski definition) is 3. The van der Waals surface area contributed by atoms with Crippen LogP contribution in [0.15, 0.2) is 60.8 Å². The molecule has 0 amide bonds. The average Bonchev–Trinajstić information content (AvgIpc) is 3.11. The normalized spacial score (nSPS) is 11.0. The summed E-state index contributed by atoms with van der Waals surface area (Å²) in [5, 5.41) is 14.5. The molecule has 2 aromatic heterocycles. The van der Waals surface area contributed by atoms with Crippen LogP contribution in [0.1, 0.15) is 0 Å². The first-order chi connectivity index (χ1) is 10.3. The number of imidazole rings is 1. The van der Waals surface area contributed by atoms with Gasteiger partial charge in [-0.05, 0) is 12.1 Å². The SMILES string of the molecule is Oc1cn(-c2nc3ccccc3[nH]2)nc1-c1ccccc1. The molecule has 102 valence electrons. The first-order valence-corrected chi connectivity index (χ1v) is 6.60. The van der Waals surface area contributed by atoms with E-state index in [-0.39, 0.29) is 5.75 Å². The van der Waals surface area contributed by atoms with Gasteiger partial charge >= 0.3 is 0 Å². The number of aromatic nitrogens is 4. The van der Waals surface area contributed by atoms with Crippen LogP contribution in [-0.4, -0.2) is 24.9 Å². The highest BCUT2D eigenvalue weighted by molar-refractivity contribution is 5.76. The molecule has 5 heteroatoms. The first kappa shape index (κ1) is 11.7. The summed E-state index contributed by atoms with van der Waals surface area (Å²) in [5.41, 5.74) is 3.20. The summed E-state index contributed by atoms with van der Waals surface area (Å²) in [6.45, 7) is 0. The zero-order valence-corrected chi connectivity index (χ0v) is 11.1. The van der Waals surface area contributed by atoms with Crippen LogP contribution in [0.2, 0.25) is 0 Å². The van der Waals surface area contributed by atoms with Gasteiger partial charge < -0.3 is 10.1 Å². The first-order valence-electron chi connectivity index (χ1n) is 6.60. The fourth-order valence-corrected chi connectivity index (χ4v) is 2.32. The van der Waals surface area contributed by atoms with Gasteiger partial charge in [0.15, 0.2) is 5.75 Å². The number of aromatic amines is 1. The Morgan fingerprint density at radius 3 is 2.52 bits per heavy atom. The molecule has 2 aromatic carbocycles. The maximum Gasteiger partial charge on any atom is 0.229 e. The monoisotopic (exact) mass is 276 g/mol. The molecule has 0 radical (unpaired) electrons. The van der Waals surface area contributed by atoms with Crippen molar-refractivity contribution in [2.75, 3.05) is 0 Å². The number of fused-ring (bicyclic) bond motifs is 1. The van der Waals surface area contributed by atoms with E-state index in [1.165, 1.54) is 0 Å². The number of nitrogens with zero attached hydrogens (tertiary/aromatic N) is 3. The van der Waals surface area contributed by atoms with Crippen molar-refractivity contribution in [2.24, 2.45) is 0 Å². The Kier molecular flexibility index (Phi) is 2.50. The van der Waals surface area contributed by atoms with Crippen LogP contribution in [0.5, 0.6) is 5.75 Å². The number of aromatic hydroxyl groups is 1. The van der Waals surface area contributed by atoms with E-state index in [0.717, 1.165) is 16.6 Å². The largest absolute Gasteiger partial charge is 0.504 e. The smallest absolute Gasteiger partial charge is 0.229 e. The molecular weight excluding hydrogens is 264 g/mol. The van der Waals surface area contributed by atoms with Gasteiger partial charge in [-0.25, -0.2) is 9.67 Å². The minimum Gasteiger partial charge on any atom is -0.504 e. The van der Waals surface area contributed by atoms with E-state index in [1.54, 1.807) is 10.9 Å². The number of benzene rings is 2. The van der Waals surface area contributed by atoms with Crippen molar-refractivity contribution in [3.8, 4) is 23.0 Å². The third kappa shape index (κ3) is 1.95. The Bertz CT molecular complexity index is 875. The molecule has 4 rings (SSSR count). The molecule has 2 N–H and O–H groups in total. The molecule has 0 aliphatic heterocycles. The highest BCUT2D eigenvalue weighted by Crippen LogP contribution is 2.28. The number of rotatable bonds is 2. The molecule has 0 saturated carbocycles. The van der Waals surface area contributed by atoms with Crippen molar-refractivity contribution in [1.29, 1.82) is 0 Å². The second kappa shape index (κ2) is 4.49. The van der Waals surface area contributed by atoms with E-state index in [4.69, 9.17) is 0 Å². The molecule has 21 heavy (non-hydrogen) atoms. The summed E-state index contributed by atoms with van der Waals surface area (Å²) in [6.07, 6.45) is 1.56. The summed E-state index contributed by atoms with van der Waals surface area (Å²) in [6, 6.07) is 17.3. The maximum atomic E-state index is 10.1. The molecule has 0 fully saturated rings. The number of hydrogen-bond donors (Lipinski definition) is 2. The van der Waals surface area contributed by atoms with Gasteiger partial charge in [-0.3, -0.25) is 0 Å². The quantitative estimate of drug-likeness (QED) is 0.591. The van der Waals surface area contributed by atoms with Crippen LogP contribution in [0, 0.1) is 0 Å². The molecule has 0 bridgehead atoms. The Morgan fingerprint density at radius 1 is 0.952 bits per heavy atom. The summed E-state index contributed by atoms with van der Waals surface area (Å²) in [7, 11) is 0. The second-order valence-corrected chi connectivity index (χ2v) is 4.75. The van der Waals surface area contributed by atoms with Crippen LogP contribution in [0.25, 0.3) is 28.2 Å². The Balaban J connectivity index is 1.83. The molecule has 5 nitrogen and oxygen atoms in total. The topological polar surface area (TPSA) is 66.7 Å². The lowest BCUT2D eigenvalue weighted by atomic mass is 10.1. The highest BCUT2D eigenvalue weighted by Gasteiger charge is 2.13. The maximum absolute atomic E-state index is 10.1. The van der Waals surface area contributed by atoms with Gasteiger partial charge in [0.1, 0.15) is 5.69 Å². The molecule has 0 saturated heterocycles. The Hall–Kier alpha value is -3.08. The number of H-pyrrole nitrogens is 1. The third-order valence-electron chi connectivity index (χ3n) is 3.34. The standard InChI is InChI=1S/C16H12N4O/c21-14-10-20(19-15(14)11-6-2-1-3-7-11)16-17-12-8-4-5-9-13(12)18-16/h1-10,21H,(H,17,18). The molecule has 0 aliphatic rings. The van der Waals surface area contributed by atoms with Gasteiger partial charge in [0.2, 0.25) is 5.95 Å². The van der Waals surface area contributed by atoms with Crippen molar-refractivity contribution in [2.45, 2.75) is 0 Å². The summed E-state index contributed by atoms with van der Waals surface area (Å²) in [5.74, 6) is 0.704. The van der Waals surface area contributed by atoms with E-state index in [0.29, 0.717) is 11.6 Å². The van der Waals surface area contributed by atoms with Crippen LogP contribution in [0.3, 0.4) is 0 Å². The summed E-state index contributed by atoms with van der Waals surface area (Å²) < 4.78 is 1.55. The number of para-hydroxylation sites is 2. The Labute approximate surface area is 120 Å². The zero-order valence-electron chi connectivity index (χ0n) is 11.1. The van der Waals surface area contributed by atoms with Crippen molar-refractivity contribution < 1.29 is 5.11 Å². The van der Waals surface area contributed by atoms with Gasteiger partial charge in [0, 0.05) is 5.56 Å². The van der Waals surface area contributed by atoms with E-state index >= 15 is 0 Å². The van der Waals surface area contributed by atoms with E-state index in [1.807, 2.05) is 54.6 Å². The molecule has 0 unspecified atom stereocenters. The van der Waals surface area contributed by atoms with Gasteiger partial charge in [-0.2, -0.15) is 5.10 Å². The summed E-state index contributed by atoms with van der Waals surface area (Å²) in [4.78, 5) is 7.65. The van der Waals surface area contributed by atoms with E-state index in [2.05, 4.69) is 15.1 Å². The number of nitrogens with one attached hydrogen (secondary N) is 1.